The number of halogens is 3. The molecule has 0 radical (unpaired) electrons. The van der Waals surface area contributed by atoms with Crippen molar-refractivity contribution in [1.29, 1.82) is 0 Å². The summed E-state index contributed by atoms with van der Waals surface area (Å²) in [6.07, 6.45) is 13.9. The molecule has 2 aliphatic rings. The lowest BCUT2D eigenvalue weighted by Gasteiger charge is -2.35. The third-order valence-electron chi connectivity index (χ3n) is 8.90. The minimum atomic E-state index is -0.997. The van der Waals surface area contributed by atoms with E-state index >= 15 is 4.39 Å². The highest BCUT2D eigenvalue weighted by Gasteiger charge is 2.28. The largest absolute Gasteiger partial charge is 0.491 e. The molecular formula is C35H39F3O. The van der Waals surface area contributed by atoms with Gasteiger partial charge in [-0.05, 0) is 97.2 Å². The first-order valence-electron chi connectivity index (χ1n) is 14.7. The van der Waals surface area contributed by atoms with Crippen LogP contribution in [0.25, 0.3) is 27.8 Å². The predicted octanol–water partition coefficient (Wildman–Crippen LogP) is 10.6. The van der Waals surface area contributed by atoms with Gasteiger partial charge in [0.15, 0.2) is 11.6 Å². The van der Waals surface area contributed by atoms with Crippen molar-refractivity contribution in [3.8, 4) is 28.0 Å². The van der Waals surface area contributed by atoms with E-state index in [1.54, 1.807) is 37.3 Å². The highest BCUT2D eigenvalue weighted by atomic mass is 19.2. The topological polar surface area (TPSA) is 9.23 Å². The molecule has 4 heteroatoms. The van der Waals surface area contributed by atoms with Crippen LogP contribution >= 0.6 is 0 Å². The number of benzene rings is 3. The van der Waals surface area contributed by atoms with E-state index in [2.05, 4.69) is 13.0 Å². The van der Waals surface area contributed by atoms with Gasteiger partial charge in [-0.1, -0.05) is 75.1 Å². The van der Waals surface area contributed by atoms with Crippen molar-refractivity contribution in [3.63, 3.8) is 0 Å². The maximum atomic E-state index is 15.3. The van der Waals surface area contributed by atoms with Crippen molar-refractivity contribution in [3.05, 3.63) is 83.7 Å². The summed E-state index contributed by atoms with van der Waals surface area (Å²) >= 11 is 0. The van der Waals surface area contributed by atoms with E-state index in [0.717, 1.165) is 36.2 Å². The van der Waals surface area contributed by atoms with Crippen molar-refractivity contribution < 1.29 is 17.9 Å². The Bertz CT molecular complexity index is 1300. The first-order chi connectivity index (χ1) is 19.0. The van der Waals surface area contributed by atoms with Gasteiger partial charge in [0.25, 0.3) is 0 Å². The average molecular weight is 533 g/mol. The van der Waals surface area contributed by atoms with Gasteiger partial charge in [0.2, 0.25) is 5.82 Å². The smallest absolute Gasteiger partial charge is 0.201 e. The first kappa shape index (κ1) is 27.6. The molecule has 0 spiro atoms. The summed E-state index contributed by atoms with van der Waals surface area (Å²) in [7, 11) is 0. The molecule has 0 N–H and O–H groups in total. The molecule has 206 valence electrons. The molecule has 3 aromatic carbocycles. The first-order valence-corrected chi connectivity index (χ1v) is 14.7. The Kier molecular flexibility index (Phi) is 8.79. The number of allylic oxidation sites excluding steroid dienone is 2. The lowest BCUT2D eigenvalue weighted by atomic mass is 9.70. The predicted molar refractivity (Wildman–Crippen MR) is 154 cm³/mol. The Labute approximate surface area is 231 Å². The van der Waals surface area contributed by atoms with Crippen molar-refractivity contribution in [2.45, 2.75) is 71.6 Å². The summed E-state index contributed by atoms with van der Waals surface area (Å²) in [6.45, 7) is 4.27. The number of hydrogen-bond acceptors (Lipinski definition) is 1. The van der Waals surface area contributed by atoms with Gasteiger partial charge in [0, 0.05) is 11.1 Å². The van der Waals surface area contributed by atoms with E-state index in [1.165, 1.54) is 62.7 Å². The minimum Gasteiger partial charge on any atom is -0.491 e. The molecule has 0 heterocycles. The van der Waals surface area contributed by atoms with Gasteiger partial charge in [-0.15, -0.1) is 0 Å². The third-order valence-corrected chi connectivity index (χ3v) is 8.90. The van der Waals surface area contributed by atoms with E-state index < -0.39 is 11.6 Å². The Morgan fingerprint density at radius 1 is 0.718 bits per heavy atom. The maximum absolute atomic E-state index is 15.3. The zero-order chi connectivity index (χ0) is 27.4. The van der Waals surface area contributed by atoms with Crippen LogP contribution in [0.2, 0.25) is 0 Å². The second-order valence-electron chi connectivity index (χ2n) is 11.3. The van der Waals surface area contributed by atoms with E-state index in [1.807, 2.05) is 12.1 Å². The van der Waals surface area contributed by atoms with Crippen LogP contribution < -0.4 is 4.74 Å². The maximum Gasteiger partial charge on any atom is 0.201 e. The molecule has 0 bridgehead atoms. The molecule has 39 heavy (non-hydrogen) atoms. The van der Waals surface area contributed by atoms with Gasteiger partial charge in [-0.2, -0.15) is 4.39 Å². The number of rotatable bonds is 8. The van der Waals surface area contributed by atoms with Gasteiger partial charge < -0.3 is 4.74 Å². The van der Waals surface area contributed by atoms with Crippen LogP contribution in [-0.4, -0.2) is 6.61 Å². The quantitative estimate of drug-likeness (QED) is 0.280. The summed E-state index contributed by atoms with van der Waals surface area (Å²) < 4.78 is 49.4. The van der Waals surface area contributed by atoms with E-state index in [9.17, 15) is 8.78 Å². The van der Waals surface area contributed by atoms with E-state index in [0.29, 0.717) is 16.7 Å². The van der Waals surface area contributed by atoms with Crippen LogP contribution in [0.3, 0.4) is 0 Å². The van der Waals surface area contributed by atoms with Gasteiger partial charge in [0.1, 0.15) is 5.82 Å². The summed E-state index contributed by atoms with van der Waals surface area (Å²) in [5.41, 5.74) is 4.09. The third kappa shape index (κ3) is 6.10. The molecule has 0 aromatic heterocycles. The van der Waals surface area contributed by atoms with Crippen LogP contribution in [0, 0.1) is 35.2 Å². The van der Waals surface area contributed by atoms with Crippen LogP contribution in [0.15, 0.2) is 60.7 Å². The van der Waals surface area contributed by atoms with Gasteiger partial charge in [0.05, 0.1) is 6.61 Å². The Morgan fingerprint density at radius 2 is 1.38 bits per heavy atom. The number of ether oxygens (including phenoxy) is 1. The second kappa shape index (κ2) is 12.4. The summed E-state index contributed by atoms with van der Waals surface area (Å²) in [5.74, 6) is 0.249. The van der Waals surface area contributed by atoms with Crippen molar-refractivity contribution in [2.75, 3.05) is 6.61 Å². The van der Waals surface area contributed by atoms with Crippen LogP contribution in [0.5, 0.6) is 5.75 Å². The molecule has 1 atom stereocenters. The minimum absolute atomic E-state index is 0.101. The summed E-state index contributed by atoms with van der Waals surface area (Å²) in [5, 5.41) is 0. The molecule has 5 rings (SSSR count). The average Bonchev–Trinajstić information content (AvgIpc) is 2.97. The van der Waals surface area contributed by atoms with Gasteiger partial charge in [-0.25, -0.2) is 8.78 Å². The van der Waals surface area contributed by atoms with Gasteiger partial charge in [-0.3, -0.25) is 0 Å². The standard InChI is InChI=1S/C35H39F3O/c1-3-5-23-6-8-24(9-7-23)25-10-12-26(13-11-25)29-18-19-30(32(36)22-29)27-14-16-28(17-15-27)31-20-21-33(39-4-2)35(38)34(31)37/h12,14-25H,3-11,13H2,1-2H3. The lowest BCUT2D eigenvalue weighted by Crippen LogP contribution is -2.23. The molecule has 1 nitrogen and oxygen atoms in total. The van der Waals surface area contributed by atoms with Crippen molar-refractivity contribution in [2.24, 2.45) is 17.8 Å². The zero-order valence-corrected chi connectivity index (χ0v) is 23.1. The fraction of sp³-hybridized carbons (Fsp3) is 0.429. The monoisotopic (exact) mass is 532 g/mol. The normalized spacial score (nSPS) is 21.5. The lowest BCUT2D eigenvalue weighted by molar-refractivity contribution is 0.189. The Morgan fingerprint density at radius 3 is 2.00 bits per heavy atom. The Balaban J connectivity index is 1.25. The van der Waals surface area contributed by atoms with Crippen molar-refractivity contribution >= 4 is 5.57 Å². The molecule has 0 saturated heterocycles. The number of hydrogen-bond donors (Lipinski definition) is 0. The highest BCUT2D eigenvalue weighted by Crippen LogP contribution is 2.42. The second-order valence-corrected chi connectivity index (χ2v) is 11.3. The fourth-order valence-corrected chi connectivity index (χ4v) is 6.70. The SMILES string of the molecule is CCCC1CCC(C2CC=C(c3ccc(-c4ccc(-c5ccc(OCC)c(F)c5F)cc4)c(F)c3)CC2)CC1. The molecule has 1 saturated carbocycles. The van der Waals surface area contributed by atoms with Crippen LogP contribution in [0.4, 0.5) is 13.2 Å². The Hall–Kier alpha value is -3.01. The molecule has 3 aromatic rings. The van der Waals surface area contributed by atoms with E-state index in [4.69, 9.17) is 4.74 Å². The van der Waals surface area contributed by atoms with Crippen LogP contribution in [-0.2, 0) is 0 Å². The van der Waals surface area contributed by atoms with E-state index in [-0.39, 0.29) is 23.7 Å². The highest BCUT2D eigenvalue weighted by molar-refractivity contribution is 5.74. The zero-order valence-electron chi connectivity index (χ0n) is 23.1. The molecular weight excluding hydrogens is 493 g/mol. The summed E-state index contributed by atoms with van der Waals surface area (Å²) in [6, 6.07) is 15.3. The molecule has 0 aliphatic heterocycles. The summed E-state index contributed by atoms with van der Waals surface area (Å²) in [4.78, 5) is 0. The molecule has 2 aliphatic carbocycles. The molecule has 0 amide bonds. The van der Waals surface area contributed by atoms with Crippen molar-refractivity contribution in [1.82, 2.24) is 0 Å². The van der Waals surface area contributed by atoms with Gasteiger partial charge >= 0.3 is 0 Å². The fourth-order valence-electron chi connectivity index (χ4n) is 6.70. The van der Waals surface area contributed by atoms with Crippen LogP contribution in [0.1, 0.15) is 77.2 Å². The molecule has 1 unspecified atom stereocenters. The molecule has 1 fully saturated rings.